The Kier molecular flexibility index (Phi) is 5.10. The summed E-state index contributed by atoms with van der Waals surface area (Å²) in [5.41, 5.74) is 3.20. The molecule has 0 aliphatic carbocycles. The fourth-order valence-electron chi connectivity index (χ4n) is 1.58. The van der Waals surface area contributed by atoms with E-state index in [2.05, 4.69) is 5.43 Å². The predicted octanol–water partition coefficient (Wildman–Crippen LogP) is 1.29. The fraction of sp³-hybridized carbons (Fsp3) is 0.455. The van der Waals surface area contributed by atoms with Gasteiger partial charge in [-0.2, -0.15) is 0 Å². The first kappa shape index (κ1) is 15.4. The van der Waals surface area contributed by atoms with E-state index >= 15 is 0 Å². The van der Waals surface area contributed by atoms with E-state index in [-0.39, 0.29) is 5.02 Å². The normalized spacial score (nSPS) is 15.4. The molecule has 0 radical (unpaired) electrons. The van der Waals surface area contributed by atoms with Crippen LogP contribution in [0, 0.1) is 5.82 Å². The molecule has 1 aromatic rings. The highest BCUT2D eigenvalue weighted by Crippen LogP contribution is 2.18. The van der Waals surface area contributed by atoms with E-state index in [0.717, 1.165) is 11.8 Å². The molecule has 0 amide bonds. The second-order valence-corrected chi connectivity index (χ2v) is 7.07. The molecule has 0 bridgehead atoms. The molecule has 0 aliphatic heterocycles. The summed E-state index contributed by atoms with van der Waals surface area (Å²) in [5, 5.41) is -0.637. The van der Waals surface area contributed by atoms with Gasteiger partial charge in [0.25, 0.3) is 0 Å². The predicted molar refractivity (Wildman–Crippen MR) is 70.5 cm³/mol. The van der Waals surface area contributed by atoms with Gasteiger partial charge in [0, 0.05) is 12.3 Å². The van der Waals surface area contributed by atoms with Crippen molar-refractivity contribution in [3.63, 3.8) is 0 Å². The Morgan fingerprint density at radius 2 is 2.11 bits per heavy atom. The van der Waals surface area contributed by atoms with Crippen molar-refractivity contribution in [2.45, 2.75) is 24.6 Å². The monoisotopic (exact) mass is 294 g/mol. The zero-order valence-corrected chi connectivity index (χ0v) is 11.7. The maximum absolute atomic E-state index is 13.0. The lowest BCUT2D eigenvalue weighted by Crippen LogP contribution is -2.47. The molecule has 2 atom stereocenters. The third-order valence-electron chi connectivity index (χ3n) is 2.90. The number of hydrogen-bond acceptors (Lipinski definition) is 4. The minimum atomic E-state index is -3.20. The minimum Gasteiger partial charge on any atom is -0.271 e. The maximum Gasteiger partial charge on any atom is 0.151 e. The van der Waals surface area contributed by atoms with Gasteiger partial charge in [0.2, 0.25) is 0 Å². The molecule has 18 heavy (non-hydrogen) atoms. The van der Waals surface area contributed by atoms with E-state index in [9.17, 15) is 12.8 Å². The average molecular weight is 295 g/mol. The van der Waals surface area contributed by atoms with Crippen LogP contribution < -0.4 is 11.3 Å². The molecule has 0 saturated carbocycles. The highest BCUT2D eigenvalue weighted by molar-refractivity contribution is 7.91. The number of hydrogen-bond donors (Lipinski definition) is 2. The first-order valence-corrected chi connectivity index (χ1v) is 7.68. The SMILES string of the molecule is CC(C(Cc1ccc(F)c(Cl)c1)NN)S(C)(=O)=O. The summed E-state index contributed by atoms with van der Waals surface area (Å²) in [6, 6.07) is 3.81. The van der Waals surface area contributed by atoms with Crippen LogP contribution in [0.2, 0.25) is 5.02 Å². The van der Waals surface area contributed by atoms with Crippen LogP contribution in [0.3, 0.4) is 0 Å². The molecule has 7 heteroatoms. The first-order valence-electron chi connectivity index (χ1n) is 5.34. The van der Waals surface area contributed by atoms with Gasteiger partial charge in [-0.3, -0.25) is 11.3 Å². The molecule has 2 unspecified atom stereocenters. The Bertz CT molecular complexity index is 522. The molecule has 1 rings (SSSR count). The number of halogens is 2. The third-order valence-corrected chi connectivity index (χ3v) is 4.86. The summed E-state index contributed by atoms with van der Waals surface area (Å²) in [6.45, 7) is 1.57. The molecule has 1 aromatic carbocycles. The van der Waals surface area contributed by atoms with E-state index in [1.807, 2.05) is 0 Å². The Morgan fingerprint density at radius 3 is 2.56 bits per heavy atom. The summed E-state index contributed by atoms with van der Waals surface area (Å²) in [4.78, 5) is 0. The topological polar surface area (TPSA) is 72.2 Å². The van der Waals surface area contributed by atoms with Crippen LogP contribution in [0.15, 0.2) is 18.2 Å². The van der Waals surface area contributed by atoms with E-state index in [0.29, 0.717) is 6.42 Å². The van der Waals surface area contributed by atoms with Gasteiger partial charge in [0.1, 0.15) is 5.82 Å². The van der Waals surface area contributed by atoms with Crippen molar-refractivity contribution >= 4 is 21.4 Å². The summed E-state index contributed by atoms with van der Waals surface area (Å²) in [5.74, 6) is 4.86. The Balaban J connectivity index is 2.89. The van der Waals surface area contributed by atoms with Crippen molar-refractivity contribution in [1.82, 2.24) is 5.43 Å². The number of benzene rings is 1. The Morgan fingerprint density at radius 1 is 1.50 bits per heavy atom. The summed E-state index contributed by atoms with van der Waals surface area (Å²) in [6.07, 6.45) is 1.50. The number of hydrazine groups is 1. The van der Waals surface area contributed by atoms with Gasteiger partial charge in [-0.05, 0) is 31.0 Å². The van der Waals surface area contributed by atoms with Crippen LogP contribution in [-0.2, 0) is 16.3 Å². The lowest BCUT2D eigenvalue weighted by molar-refractivity contribution is 0.493. The van der Waals surface area contributed by atoms with Crippen molar-refractivity contribution < 1.29 is 12.8 Å². The zero-order chi connectivity index (χ0) is 13.9. The minimum absolute atomic E-state index is 0.00952. The van der Waals surface area contributed by atoms with E-state index in [4.69, 9.17) is 17.4 Å². The summed E-state index contributed by atoms with van der Waals surface area (Å²) in [7, 11) is -3.20. The molecule has 3 N–H and O–H groups in total. The van der Waals surface area contributed by atoms with Gasteiger partial charge in [0.15, 0.2) is 9.84 Å². The molecule has 0 saturated heterocycles. The van der Waals surface area contributed by atoms with Gasteiger partial charge < -0.3 is 0 Å². The van der Waals surface area contributed by atoms with Gasteiger partial charge in [-0.25, -0.2) is 12.8 Å². The highest BCUT2D eigenvalue weighted by atomic mass is 35.5. The van der Waals surface area contributed by atoms with Crippen LogP contribution in [-0.4, -0.2) is 26.0 Å². The van der Waals surface area contributed by atoms with Gasteiger partial charge >= 0.3 is 0 Å². The molecule has 0 fully saturated rings. The summed E-state index contributed by atoms with van der Waals surface area (Å²) >= 11 is 5.67. The zero-order valence-electron chi connectivity index (χ0n) is 10.2. The van der Waals surface area contributed by atoms with Crippen molar-refractivity contribution in [3.8, 4) is 0 Å². The fourth-order valence-corrected chi connectivity index (χ4v) is 2.55. The standard InChI is InChI=1S/C11H16ClFN2O2S/c1-7(18(2,16)17)11(15-14)6-8-3-4-10(13)9(12)5-8/h3-5,7,11,15H,6,14H2,1-2H3. The number of nitrogens with two attached hydrogens (primary N) is 1. The van der Waals surface area contributed by atoms with Crippen molar-refractivity contribution in [2.75, 3.05) is 6.26 Å². The largest absolute Gasteiger partial charge is 0.271 e. The van der Waals surface area contributed by atoms with Crippen LogP contribution in [0.4, 0.5) is 4.39 Å². The second-order valence-electron chi connectivity index (χ2n) is 4.26. The molecule has 0 spiro atoms. The van der Waals surface area contributed by atoms with E-state index in [1.54, 1.807) is 13.0 Å². The first-order chi connectivity index (χ1) is 8.25. The van der Waals surface area contributed by atoms with Gasteiger partial charge in [-0.15, -0.1) is 0 Å². The van der Waals surface area contributed by atoms with E-state index in [1.165, 1.54) is 12.1 Å². The van der Waals surface area contributed by atoms with Crippen LogP contribution in [0.25, 0.3) is 0 Å². The second kappa shape index (κ2) is 5.97. The Labute approximate surface area is 111 Å². The van der Waals surface area contributed by atoms with E-state index < -0.39 is 26.9 Å². The Hall–Kier alpha value is -0.690. The van der Waals surface area contributed by atoms with Gasteiger partial charge in [-0.1, -0.05) is 17.7 Å². The molecular formula is C11H16ClFN2O2S. The average Bonchev–Trinajstić information content (AvgIpc) is 2.28. The summed E-state index contributed by atoms with van der Waals surface area (Å²) < 4.78 is 35.9. The number of nitrogens with one attached hydrogen (secondary N) is 1. The molecule has 4 nitrogen and oxygen atoms in total. The van der Waals surface area contributed by atoms with Crippen molar-refractivity contribution in [3.05, 3.63) is 34.6 Å². The molecule has 0 aliphatic rings. The molecule has 0 heterocycles. The third kappa shape index (κ3) is 3.91. The molecular weight excluding hydrogens is 279 g/mol. The van der Waals surface area contributed by atoms with Crippen molar-refractivity contribution in [1.29, 1.82) is 0 Å². The maximum atomic E-state index is 13.0. The quantitative estimate of drug-likeness (QED) is 0.634. The van der Waals surface area contributed by atoms with Gasteiger partial charge in [0.05, 0.1) is 10.3 Å². The van der Waals surface area contributed by atoms with Crippen molar-refractivity contribution in [2.24, 2.45) is 5.84 Å². The molecule has 102 valence electrons. The number of rotatable bonds is 5. The highest BCUT2D eigenvalue weighted by Gasteiger charge is 2.25. The smallest absolute Gasteiger partial charge is 0.151 e. The lowest BCUT2D eigenvalue weighted by Gasteiger charge is -2.22. The van der Waals surface area contributed by atoms with Crippen LogP contribution in [0.5, 0.6) is 0 Å². The van der Waals surface area contributed by atoms with Crippen LogP contribution >= 0.6 is 11.6 Å². The molecule has 0 aromatic heterocycles. The number of sulfone groups is 1. The van der Waals surface area contributed by atoms with Crippen LogP contribution in [0.1, 0.15) is 12.5 Å². The lowest BCUT2D eigenvalue weighted by atomic mass is 10.0.